The van der Waals surface area contributed by atoms with Gasteiger partial charge in [-0.25, -0.2) is 4.98 Å². The molecule has 2 aromatic heterocycles. The fraction of sp³-hybridized carbons (Fsp3) is 0.400. The zero-order valence-electron chi connectivity index (χ0n) is 23.4. The smallest absolute Gasteiger partial charge is 0.399 e. The van der Waals surface area contributed by atoms with Gasteiger partial charge in [0.25, 0.3) is 0 Å². The Balaban J connectivity index is 1.41. The van der Waals surface area contributed by atoms with Crippen LogP contribution < -0.4 is 10.5 Å². The molecule has 4 rings (SSSR count). The normalized spacial score (nSPS) is 12.3. The third-order valence-electron chi connectivity index (χ3n) is 6.81. The largest absolute Gasteiger partial charge is 0.494 e. The van der Waals surface area contributed by atoms with Crippen LogP contribution in [0.1, 0.15) is 48.9 Å². The highest BCUT2D eigenvalue weighted by atomic mass is 31.2. The fourth-order valence-electron chi connectivity index (χ4n) is 4.82. The van der Waals surface area contributed by atoms with Crippen LogP contribution in [0.25, 0.3) is 21.8 Å². The number of ether oxygens (including phenoxy) is 1. The maximum atomic E-state index is 14.6. The van der Waals surface area contributed by atoms with Crippen LogP contribution in [-0.4, -0.2) is 35.5 Å². The number of pyridine rings is 2. The third kappa shape index (κ3) is 6.43. The fourth-order valence-corrected chi connectivity index (χ4v) is 6.38. The molecule has 0 amide bonds. The van der Waals surface area contributed by atoms with Gasteiger partial charge in [0.1, 0.15) is 11.3 Å². The molecule has 0 radical (unpaired) electrons. The Bertz CT molecular complexity index is 1540. The van der Waals surface area contributed by atoms with Crippen molar-refractivity contribution in [1.82, 2.24) is 9.97 Å². The highest BCUT2D eigenvalue weighted by Gasteiger charge is 2.52. The van der Waals surface area contributed by atoms with Crippen LogP contribution in [0.2, 0.25) is 0 Å². The topological polar surface area (TPSA) is 96.6 Å². The van der Waals surface area contributed by atoms with Crippen molar-refractivity contribution < 1.29 is 27.1 Å². The van der Waals surface area contributed by atoms with Crippen molar-refractivity contribution >= 4 is 35.2 Å². The third-order valence-corrected chi connectivity index (χ3v) is 9.03. The molecule has 0 aliphatic rings. The number of nitrogens with two attached hydrogens (primary N) is 1. The number of fused-ring (bicyclic) bond motifs is 3. The Morgan fingerprint density at radius 1 is 0.975 bits per heavy atom. The number of anilines is 1. The number of hydrogen-bond donors (Lipinski definition) is 1. The van der Waals surface area contributed by atoms with Gasteiger partial charge in [0.2, 0.25) is 0 Å². The second kappa shape index (κ2) is 12.6. The molecule has 4 aromatic rings. The van der Waals surface area contributed by atoms with Crippen molar-refractivity contribution in [3.8, 4) is 5.75 Å². The van der Waals surface area contributed by atoms with Crippen molar-refractivity contribution in [2.24, 2.45) is 0 Å². The van der Waals surface area contributed by atoms with Gasteiger partial charge in [0.05, 0.1) is 25.3 Å². The van der Waals surface area contributed by atoms with Crippen molar-refractivity contribution in [3.05, 3.63) is 70.9 Å². The Morgan fingerprint density at radius 3 is 2.40 bits per heavy atom. The summed E-state index contributed by atoms with van der Waals surface area (Å²) in [6.07, 6.45) is 2.68. The summed E-state index contributed by atoms with van der Waals surface area (Å²) in [5, 5.41) is 2.06. The van der Waals surface area contributed by atoms with E-state index in [9.17, 15) is 13.3 Å². The van der Waals surface area contributed by atoms with Gasteiger partial charge in [-0.3, -0.25) is 9.55 Å². The number of aromatic nitrogens is 2. The van der Waals surface area contributed by atoms with Gasteiger partial charge in [-0.15, -0.1) is 0 Å². The number of rotatable bonds is 13. The molecule has 214 valence electrons. The number of halogens is 2. The molecule has 0 fully saturated rings. The minimum Gasteiger partial charge on any atom is -0.494 e. The van der Waals surface area contributed by atoms with E-state index in [4.69, 9.17) is 19.5 Å². The van der Waals surface area contributed by atoms with Crippen molar-refractivity contribution in [2.45, 2.75) is 59.0 Å². The summed E-state index contributed by atoms with van der Waals surface area (Å²) in [6.45, 7) is 6.86. The summed E-state index contributed by atoms with van der Waals surface area (Å²) >= 11 is 0. The molecular formula is C30H36F2N3O4P. The second-order valence-corrected chi connectivity index (χ2v) is 11.9. The maximum Gasteiger partial charge on any atom is 0.399 e. The summed E-state index contributed by atoms with van der Waals surface area (Å²) in [4.78, 5) is 9.05. The summed E-state index contributed by atoms with van der Waals surface area (Å²) in [5.41, 5.74) is 8.69. The van der Waals surface area contributed by atoms with Gasteiger partial charge in [0.15, 0.2) is 5.82 Å². The molecular weight excluding hydrogens is 535 g/mol. The summed E-state index contributed by atoms with van der Waals surface area (Å²) in [6, 6.07) is 13.9. The molecule has 2 aromatic carbocycles. The lowest BCUT2D eigenvalue weighted by Gasteiger charge is -2.25. The van der Waals surface area contributed by atoms with Crippen LogP contribution in [0.4, 0.5) is 14.6 Å². The van der Waals surface area contributed by atoms with Gasteiger partial charge in [-0.1, -0.05) is 18.2 Å². The highest BCUT2D eigenvalue weighted by Crippen LogP contribution is 2.63. The van der Waals surface area contributed by atoms with Crippen LogP contribution >= 0.6 is 7.60 Å². The van der Waals surface area contributed by atoms with Gasteiger partial charge >= 0.3 is 13.3 Å². The van der Waals surface area contributed by atoms with E-state index in [2.05, 4.69) is 22.1 Å². The first kappa shape index (κ1) is 29.8. The first-order chi connectivity index (χ1) is 19.1. The monoisotopic (exact) mass is 571 g/mol. The van der Waals surface area contributed by atoms with E-state index >= 15 is 0 Å². The van der Waals surface area contributed by atoms with Gasteiger partial charge in [-0.2, -0.15) is 8.78 Å². The first-order valence-electron chi connectivity index (χ1n) is 13.5. The van der Waals surface area contributed by atoms with Crippen LogP contribution in [0, 0.1) is 13.8 Å². The number of alkyl halides is 2. The van der Waals surface area contributed by atoms with Crippen LogP contribution in [0.5, 0.6) is 5.75 Å². The number of aryl methyl sites for hydroxylation is 4. The van der Waals surface area contributed by atoms with E-state index in [1.54, 1.807) is 6.20 Å². The molecule has 0 aliphatic carbocycles. The molecule has 0 aliphatic heterocycles. The van der Waals surface area contributed by atoms with Crippen LogP contribution in [0.15, 0.2) is 48.7 Å². The molecule has 0 spiro atoms. The van der Waals surface area contributed by atoms with Gasteiger partial charge in [0, 0.05) is 23.4 Å². The number of benzene rings is 2. The second-order valence-electron chi connectivity index (χ2n) is 9.75. The van der Waals surface area contributed by atoms with E-state index in [1.807, 2.05) is 44.2 Å². The van der Waals surface area contributed by atoms with Crippen LogP contribution in [0.3, 0.4) is 0 Å². The number of nitrogens with zero attached hydrogens (tertiary/aromatic N) is 2. The Hall–Kier alpha value is -3.13. The Kier molecular flexibility index (Phi) is 9.39. The minimum absolute atomic E-state index is 0.00146. The Morgan fingerprint density at radius 2 is 1.70 bits per heavy atom. The number of hydrogen-bond acceptors (Lipinski definition) is 7. The lowest BCUT2D eigenvalue weighted by Crippen LogP contribution is -2.21. The average molecular weight is 572 g/mol. The molecule has 0 saturated heterocycles. The van der Waals surface area contributed by atoms with E-state index in [-0.39, 0.29) is 26.2 Å². The summed E-state index contributed by atoms with van der Waals surface area (Å²) < 4.78 is 56.9. The van der Waals surface area contributed by atoms with E-state index in [1.165, 1.54) is 13.8 Å². The molecule has 0 saturated carbocycles. The van der Waals surface area contributed by atoms with Crippen molar-refractivity contribution in [2.75, 3.05) is 25.6 Å². The van der Waals surface area contributed by atoms with Gasteiger partial charge in [-0.05, 0) is 93.5 Å². The summed E-state index contributed by atoms with van der Waals surface area (Å²) in [5.74, 6) is 1.01. The predicted octanol–water partition coefficient (Wildman–Crippen LogP) is 7.79. The Labute approximate surface area is 233 Å². The SMILES string of the molecule is CCOP(=O)(OCC)C(F)(F)CCCOc1ccc(CCc2ccnc3c(N)nc4cc(C)ccc4c23)c(C)c1. The molecule has 40 heavy (non-hydrogen) atoms. The van der Waals surface area contributed by atoms with Crippen molar-refractivity contribution in [1.29, 1.82) is 0 Å². The zero-order chi connectivity index (χ0) is 28.9. The van der Waals surface area contributed by atoms with E-state index in [0.717, 1.165) is 51.4 Å². The highest BCUT2D eigenvalue weighted by molar-refractivity contribution is 7.55. The maximum absolute atomic E-state index is 14.6. The zero-order valence-corrected chi connectivity index (χ0v) is 24.3. The van der Waals surface area contributed by atoms with Gasteiger partial charge < -0.3 is 19.5 Å². The molecule has 2 heterocycles. The molecule has 2 N–H and O–H groups in total. The minimum atomic E-state index is -4.52. The van der Waals surface area contributed by atoms with Crippen molar-refractivity contribution in [3.63, 3.8) is 0 Å². The molecule has 0 bridgehead atoms. The molecule has 7 nitrogen and oxygen atoms in total. The molecule has 0 atom stereocenters. The predicted molar refractivity (Wildman–Crippen MR) is 155 cm³/mol. The standard InChI is InChI=1S/C30H36F2N3O4P/c1-5-38-40(36,39-6-2)30(31,32)15-7-17-37-24-12-11-22(21(4)19-24)9-10-23-14-16-34-28-27(23)25-13-8-20(3)18-26(25)35-29(28)33/h8,11-14,16,18-19H,5-7,9-10,15,17H2,1-4H3,(H2,33,35). The number of nitrogen functional groups attached to an aromatic ring is 1. The lowest BCUT2D eigenvalue weighted by atomic mass is 9.96. The van der Waals surface area contributed by atoms with Crippen LogP contribution in [-0.2, 0) is 26.5 Å². The first-order valence-corrected chi connectivity index (χ1v) is 15.1. The van der Waals surface area contributed by atoms with E-state index < -0.39 is 19.7 Å². The summed E-state index contributed by atoms with van der Waals surface area (Å²) in [7, 11) is -4.52. The molecule has 0 unspecified atom stereocenters. The quantitative estimate of drug-likeness (QED) is 0.0994. The van der Waals surface area contributed by atoms with E-state index in [0.29, 0.717) is 17.1 Å². The molecule has 10 heteroatoms. The lowest BCUT2D eigenvalue weighted by molar-refractivity contribution is 0.0271. The average Bonchev–Trinajstić information content (AvgIpc) is 2.91.